The van der Waals surface area contributed by atoms with E-state index < -0.39 is 0 Å². The Morgan fingerprint density at radius 3 is 2.32 bits per heavy atom. The van der Waals surface area contributed by atoms with Gasteiger partial charge < -0.3 is 14.5 Å². The molecule has 0 radical (unpaired) electrons. The number of hydrogen-bond acceptors (Lipinski definition) is 4. The van der Waals surface area contributed by atoms with Gasteiger partial charge in [-0.2, -0.15) is 0 Å². The summed E-state index contributed by atoms with van der Waals surface area (Å²) in [6.07, 6.45) is 0.670. The van der Waals surface area contributed by atoms with Crippen molar-refractivity contribution in [2.45, 2.75) is 33.4 Å². The van der Waals surface area contributed by atoms with Crippen molar-refractivity contribution in [3.8, 4) is 0 Å². The van der Waals surface area contributed by atoms with E-state index in [1.165, 1.54) is 4.88 Å². The average Bonchev–Trinajstić information content (AvgIpc) is 3.34. The number of thiophene rings is 1. The Kier molecular flexibility index (Phi) is 9.46. The number of carbonyl (C=O) groups is 2. The highest BCUT2D eigenvalue weighted by molar-refractivity contribution is 7.11. The maximum atomic E-state index is 13.7. The third-order valence-electron chi connectivity index (χ3n) is 6.24. The van der Waals surface area contributed by atoms with Crippen LogP contribution in [-0.4, -0.2) is 47.9 Å². The lowest BCUT2D eigenvalue weighted by atomic mass is 10.1. The Morgan fingerprint density at radius 2 is 1.59 bits per heavy atom. The van der Waals surface area contributed by atoms with E-state index in [0.29, 0.717) is 44.8 Å². The standard InChI is InChI=1S/C31H34N2O3S/c1-3-36-19-9-18-32(31(35)28-16-15-26-12-7-8-13-27(26)20-28)23-30(34)33(21-25-10-5-4-6-11-25)22-29-17-14-24(2)37-29/h4-8,10-17,20H,3,9,18-19,21-23H2,1-2H3. The molecule has 0 aliphatic heterocycles. The van der Waals surface area contributed by atoms with Gasteiger partial charge in [0.05, 0.1) is 6.54 Å². The first-order valence-electron chi connectivity index (χ1n) is 12.8. The Morgan fingerprint density at radius 1 is 0.838 bits per heavy atom. The number of fused-ring (bicyclic) bond motifs is 1. The van der Waals surface area contributed by atoms with Crippen LogP contribution in [-0.2, 0) is 22.6 Å². The number of carbonyl (C=O) groups excluding carboxylic acids is 2. The Balaban J connectivity index is 1.55. The molecule has 0 N–H and O–H groups in total. The van der Waals surface area contributed by atoms with E-state index in [9.17, 15) is 9.59 Å². The predicted octanol–water partition coefficient (Wildman–Crippen LogP) is 6.31. The average molecular weight is 515 g/mol. The van der Waals surface area contributed by atoms with Crippen molar-refractivity contribution in [2.24, 2.45) is 0 Å². The molecule has 1 aromatic heterocycles. The van der Waals surface area contributed by atoms with Crippen LogP contribution < -0.4 is 0 Å². The summed E-state index contributed by atoms with van der Waals surface area (Å²) < 4.78 is 5.51. The van der Waals surface area contributed by atoms with E-state index in [1.54, 1.807) is 16.2 Å². The van der Waals surface area contributed by atoms with Gasteiger partial charge in [-0.25, -0.2) is 0 Å². The van der Waals surface area contributed by atoms with Gasteiger partial charge in [-0.1, -0.05) is 60.7 Å². The summed E-state index contributed by atoms with van der Waals surface area (Å²) in [5.41, 5.74) is 1.65. The monoisotopic (exact) mass is 514 g/mol. The molecule has 1 heterocycles. The Bertz CT molecular complexity index is 1320. The number of nitrogens with zero attached hydrogens (tertiary/aromatic N) is 2. The van der Waals surface area contributed by atoms with Crippen LogP contribution in [0.1, 0.15) is 39.0 Å². The third kappa shape index (κ3) is 7.51. The van der Waals surface area contributed by atoms with Gasteiger partial charge in [0.25, 0.3) is 5.91 Å². The number of rotatable bonds is 12. The number of amides is 2. The summed E-state index contributed by atoms with van der Waals surface area (Å²) in [5.74, 6) is -0.206. The van der Waals surface area contributed by atoms with Crippen LogP contribution in [0.15, 0.2) is 84.9 Å². The van der Waals surface area contributed by atoms with Gasteiger partial charge in [-0.3, -0.25) is 9.59 Å². The quantitative estimate of drug-likeness (QED) is 0.208. The fourth-order valence-corrected chi connectivity index (χ4v) is 5.22. The van der Waals surface area contributed by atoms with Crippen LogP contribution in [0.2, 0.25) is 0 Å². The molecule has 0 saturated heterocycles. The zero-order valence-electron chi connectivity index (χ0n) is 21.6. The molecule has 192 valence electrons. The normalized spacial score (nSPS) is 11.0. The maximum Gasteiger partial charge on any atom is 0.254 e. The van der Waals surface area contributed by atoms with Crippen LogP contribution in [0.4, 0.5) is 0 Å². The van der Waals surface area contributed by atoms with Crippen molar-refractivity contribution in [3.05, 3.63) is 106 Å². The number of benzene rings is 3. The van der Waals surface area contributed by atoms with Gasteiger partial charge in [0.15, 0.2) is 0 Å². The SMILES string of the molecule is CCOCCCN(CC(=O)N(Cc1ccccc1)Cc1ccc(C)s1)C(=O)c1ccc2ccccc2c1. The topological polar surface area (TPSA) is 49.9 Å². The second-order valence-electron chi connectivity index (χ2n) is 9.09. The molecule has 0 unspecified atom stereocenters. The molecule has 0 fully saturated rings. The van der Waals surface area contributed by atoms with Crippen molar-refractivity contribution >= 4 is 33.9 Å². The van der Waals surface area contributed by atoms with Crippen molar-refractivity contribution in [2.75, 3.05) is 26.3 Å². The number of ether oxygens (including phenoxy) is 1. The van der Waals surface area contributed by atoms with E-state index >= 15 is 0 Å². The smallest absolute Gasteiger partial charge is 0.254 e. The molecule has 0 aliphatic carbocycles. The first kappa shape index (κ1) is 26.6. The zero-order valence-corrected chi connectivity index (χ0v) is 22.4. The van der Waals surface area contributed by atoms with E-state index in [1.807, 2.05) is 84.6 Å². The lowest BCUT2D eigenvalue weighted by Gasteiger charge is -2.28. The number of aryl methyl sites for hydroxylation is 1. The molecule has 2 amide bonds. The third-order valence-corrected chi connectivity index (χ3v) is 7.23. The highest BCUT2D eigenvalue weighted by Gasteiger charge is 2.23. The van der Waals surface area contributed by atoms with Gasteiger partial charge in [-0.15, -0.1) is 11.3 Å². The molecule has 0 bridgehead atoms. The first-order chi connectivity index (χ1) is 18.0. The van der Waals surface area contributed by atoms with E-state index in [2.05, 4.69) is 19.1 Å². The minimum atomic E-state index is -0.137. The molecule has 0 atom stereocenters. The van der Waals surface area contributed by atoms with E-state index in [0.717, 1.165) is 21.2 Å². The van der Waals surface area contributed by atoms with Gasteiger partial charge in [-0.05, 0) is 60.9 Å². The second-order valence-corrected chi connectivity index (χ2v) is 10.5. The second kappa shape index (κ2) is 13.2. The lowest BCUT2D eigenvalue weighted by Crippen LogP contribution is -2.43. The summed E-state index contributed by atoms with van der Waals surface area (Å²) in [6, 6.07) is 27.8. The molecule has 4 aromatic rings. The fourth-order valence-electron chi connectivity index (χ4n) is 4.32. The van der Waals surface area contributed by atoms with Crippen molar-refractivity contribution in [3.63, 3.8) is 0 Å². The Hall–Kier alpha value is -3.48. The molecule has 0 saturated carbocycles. The number of hydrogen-bond donors (Lipinski definition) is 0. The van der Waals surface area contributed by atoms with Crippen LogP contribution in [0.25, 0.3) is 10.8 Å². The molecule has 37 heavy (non-hydrogen) atoms. The van der Waals surface area contributed by atoms with Gasteiger partial charge in [0.1, 0.15) is 6.54 Å². The van der Waals surface area contributed by atoms with E-state index in [-0.39, 0.29) is 18.4 Å². The van der Waals surface area contributed by atoms with Gasteiger partial charge >= 0.3 is 0 Å². The molecule has 0 aliphatic rings. The van der Waals surface area contributed by atoms with Crippen molar-refractivity contribution in [1.82, 2.24) is 9.80 Å². The van der Waals surface area contributed by atoms with Gasteiger partial charge in [0.2, 0.25) is 5.91 Å². The van der Waals surface area contributed by atoms with Crippen LogP contribution >= 0.6 is 11.3 Å². The molecule has 3 aromatic carbocycles. The molecule has 5 nitrogen and oxygen atoms in total. The van der Waals surface area contributed by atoms with Crippen LogP contribution in [0, 0.1) is 6.92 Å². The molecule has 4 rings (SSSR count). The maximum absolute atomic E-state index is 13.7. The lowest BCUT2D eigenvalue weighted by molar-refractivity contribution is -0.133. The summed E-state index contributed by atoms with van der Waals surface area (Å²) in [6.45, 7) is 6.69. The highest BCUT2D eigenvalue weighted by Crippen LogP contribution is 2.20. The molecule has 6 heteroatoms. The van der Waals surface area contributed by atoms with Crippen LogP contribution in [0.3, 0.4) is 0 Å². The molecular weight excluding hydrogens is 480 g/mol. The summed E-state index contributed by atoms with van der Waals surface area (Å²) in [4.78, 5) is 33.2. The predicted molar refractivity (Wildman–Crippen MR) is 151 cm³/mol. The largest absolute Gasteiger partial charge is 0.382 e. The molecular formula is C31H34N2O3S. The minimum Gasteiger partial charge on any atom is -0.382 e. The summed E-state index contributed by atoms with van der Waals surface area (Å²) >= 11 is 1.70. The summed E-state index contributed by atoms with van der Waals surface area (Å²) in [5, 5.41) is 2.09. The molecule has 0 spiro atoms. The van der Waals surface area contributed by atoms with Gasteiger partial charge in [0, 0.05) is 41.6 Å². The highest BCUT2D eigenvalue weighted by atomic mass is 32.1. The minimum absolute atomic E-state index is 0.0228. The van der Waals surface area contributed by atoms with Crippen LogP contribution in [0.5, 0.6) is 0 Å². The van der Waals surface area contributed by atoms with E-state index in [4.69, 9.17) is 4.74 Å². The summed E-state index contributed by atoms with van der Waals surface area (Å²) in [7, 11) is 0. The zero-order chi connectivity index (χ0) is 26.0. The van der Waals surface area contributed by atoms with Crippen molar-refractivity contribution in [1.29, 1.82) is 0 Å². The first-order valence-corrected chi connectivity index (χ1v) is 13.6. The Labute approximate surface area is 223 Å². The fraction of sp³-hybridized carbons (Fsp3) is 0.290. The van der Waals surface area contributed by atoms with Crippen molar-refractivity contribution < 1.29 is 14.3 Å².